The molecule has 2 saturated heterocycles. The Bertz CT molecular complexity index is 1120. The summed E-state index contributed by atoms with van der Waals surface area (Å²) in [6, 6.07) is 4.98. The lowest BCUT2D eigenvalue weighted by molar-refractivity contribution is 0.0648. The van der Waals surface area contributed by atoms with Gasteiger partial charge in [-0.05, 0) is 80.2 Å². The molecule has 174 valence electrons. The van der Waals surface area contributed by atoms with Crippen LogP contribution in [0.25, 0.3) is 5.69 Å². The Morgan fingerprint density at radius 2 is 1.97 bits per heavy atom. The monoisotopic (exact) mass is 455 g/mol. The molecule has 11 heteroatoms. The molecule has 9 nitrogen and oxygen atoms in total. The summed E-state index contributed by atoms with van der Waals surface area (Å²) in [6.07, 6.45) is 7.19. The van der Waals surface area contributed by atoms with Crippen molar-refractivity contribution in [3.8, 4) is 5.69 Å². The molecule has 0 radical (unpaired) electrons. The molecule has 0 saturated carbocycles. The molecule has 0 unspecified atom stereocenters. The highest BCUT2D eigenvalue weighted by Gasteiger charge is 2.32. The number of anilines is 3. The predicted octanol–water partition coefficient (Wildman–Crippen LogP) is 3.46. The van der Waals surface area contributed by atoms with Crippen LogP contribution in [0.5, 0.6) is 0 Å². The molecular weight excluding hydrogens is 428 g/mol. The first kappa shape index (κ1) is 21.6. The number of rotatable bonds is 6. The van der Waals surface area contributed by atoms with Gasteiger partial charge < -0.3 is 15.5 Å². The minimum absolute atomic E-state index is 0.166. The van der Waals surface area contributed by atoms with E-state index in [4.69, 9.17) is 0 Å². The van der Waals surface area contributed by atoms with E-state index in [1.54, 1.807) is 19.1 Å². The smallest absolute Gasteiger partial charge is 0.229 e. The molecule has 2 atom stereocenters. The standard InChI is InChI=1S/C22H27F2N9/c1-14-29-30-31-33(14)20-11-16(7-8-17(20)23)27-22-26-13-18(24)21(28-22)25-12-15-5-4-10-32-9-3-2-6-19(15)32/h7-8,11,13,15,19H,2-6,9-10,12H2,1H3,(H2,25,26,27,28)/t15-,19+/m0/s1. The van der Waals surface area contributed by atoms with E-state index in [0.717, 1.165) is 12.6 Å². The highest BCUT2D eigenvalue weighted by Crippen LogP contribution is 2.31. The maximum Gasteiger partial charge on any atom is 0.229 e. The van der Waals surface area contributed by atoms with E-state index in [-0.39, 0.29) is 17.5 Å². The summed E-state index contributed by atoms with van der Waals surface area (Å²) in [5, 5.41) is 17.4. The maximum atomic E-state index is 14.4. The van der Waals surface area contributed by atoms with Gasteiger partial charge in [0.1, 0.15) is 11.5 Å². The molecule has 4 heterocycles. The normalized spacial score (nSPS) is 20.9. The molecule has 5 rings (SSSR count). The predicted molar refractivity (Wildman–Crippen MR) is 120 cm³/mol. The molecule has 2 fully saturated rings. The summed E-state index contributed by atoms with van der Waals surface area (Å²) < 4.78 is 30.1. The molecule has 33 heavy (non-hydrogen) atoms. The number of tetrazole rings is 1. The lowest BCUT2D eigenvalue weighted by Gasteiger charge is -2.44. The number of fused-ring (bicyclic) bond motifs is 1. The highest BCUT2D eigenvalue weighted by molar-refractivity contribution is 5.59. The van der Waals surface area contributed by atoms with Crippen molar-refractivity contribution in [3.63, 3.8) is 0 Å². The lowest BCUT2D eigenvalue weighted by Crippen LogP contribution is -2.49. The third-order valence-electron chi connectivity index (χ3n) is 6.56. The Kier molecular flexibility index (Phi) is 6.12. The molecule has 3 aromatic rings. The number of nitrogens with zero attached hydrogens (tertiary/aromatic N) is 7. The zero-order chi connectivity index (χ0) is 22.8. The number of halogens is 2. The van der Waals surface area contributed by atoms with Crippen LogP contribution in [0, 0.1) is 24.5 Å². The molecule has 0 aliphatic carbocycles. The number of aryl methyl sites for hydroxylation is 1. The van der Waals surface area contributed by atoms with Gasteiger partial charge in [-0.15, -0.1) is 5.10 Å². The first-order chi connectivity index (χ1) is 16.1. The van der Waals surface area contributed by atoms with E-state index < -0.39 is 11.6 Å². The van der Waals surface area contributed by atoms with Crippen molar-refractivity contribution >= 4 is 17.5 Å². The van der Waals surface area contributed by atoms with Gasteiger partial charge in [-0.1, -0.05) is 6.42 Å². The van der Waals surface area contributed by atoms with E-state index in [1.807, 2.05) is 0 Å². The van der Waals surface area contributed by atoms with Crippen molar-refractivity contribution in [1.82, 2.24) is 35.1 Å². The van der Waals surface area contributed by atoms with Gasteiger partial charge in [0, 0.05) is 18.3 Å². The average molecular weight is 456 g/mol. The number of hydrogen-bond acceptors (Lipinski definition) is 8. The van der Waals surface area contributed by atoms with E-state index >= 15 is 0 Å². The van der Waals surface area contributed by atoms with Crippen LogP contribution in [0.3, 0.4) is 0 Å². The third kappa shape index (κ3) is 4.63. The van der Waals surface area contributed by atoms with Crippen LogP contribution in [0.1, 0.15) is 37.9 Å². The number of nitrogens with one attached hydrogen (secondary N) is 2. The van der Waals surface area contributed by atoms with Gasteiger partial charge >= 0.3 is 0 Å². The van der Waals surface area contributed by atoms with Crippen LogP contribution in [0.4, 0.5) is 26.2 Å². The first-order valence-corrected chi connectivity index (χ1v) is 11.4. The molecule has 0 amide bonds. The Balaban J connectivity index is 1.30. The Morgan fingerprint density at radius 3 is 2.82 bits per heavy atom. The van der Waals surface area contributed by atoms with E-state index in [9.17, 15) is 8.78 Å². The van der Waals surface area contributed by atoms with Crippen LogP contribution in [0.15, 0.2) is 24.4 Å². The molecular formula is C22H27F2N9. The van der Waals surface area contributed by atoms with Crippen LogP contribution < -0.4 is 10.6 Å². The SMILES string of the molecule is Cc1nnnn1-c1cc(Nc2ncc(F)c(NC[C@@H]3CCCN4CCCC[C@H]34)n2)ccc1F. The summed E-state index contributed by atoms with van der Waals surface area (Å²) >= 11 is 0. The minimum Gasteiger partial charge on any atom is -0.367 e. The van der Waals surface area contributed by atoms with E-state index in [2.05, 4.69) is 41.0 Å². The topological polar surface area (TPSA) is 96.7 Å². The molecule has 2 aliphatic rings. The molecule has 0 spiro atoms. The van der Waals surface area contributed by atoms with Crippen molar-refractivity contribution in [3.05, 3.63) is 41.9 Å². The number of aromatic nitrogens is 6. The van der Waals surface area contributed by atoms with Crippen molar-refractivity contribution < 1.29 is 8.78 Å². The maximum absolute atomic E-state index is 14.4. The molecule has 0 bridgehead atoms. The van der Waals surface area contributed by atoms with Gasteiger partial charge in [-0.2, -0.15) is 9.67 Å². The lowest BCUT2D eigenvalue weighted by atomic mass is 9.83. The van der Waals surface area contributed by atoms with Crippen LogP contribution >= 0.6 is 0 Å². The average Bonchev–Trinajstić information content (AvgIpc) is 3.26. The zero-order valence-corrected chi connectivity index (χ0v) is 18.5. The van der Waals surface area contributed by atoms with Gasteiger partial charge in [0.25, 0.3) is 0 Å². The molecule has 1 aromatic carbocycles. The Hall–Kier alpha value is -3.21. The summed E-state index contributed by atoms with van der Waals surface area (Å²) in [5.41, 5.74) is 0.723. The van der Waals surface area contributed by atoms with Crippen molar-refractivity contribution in [2.75, 3.05) is 30.3 Å². The molecule has 2 aromatic heterocycles. The third-order valence-corrected chi connectivity index (χ3v) is 6.56. The second kappa shape index (κ2) is 9.34. The fraction of sp³-hybridized carbons (Fsp3) is 0.500. The van der Waals surface area contributed by atoms with Crippen LogP contribution in [-0.2, 0) is 0 Å². The van der Waals surface area contributed by atoms with Crippen LogP contribution in [-0.4, -0.2) is 60.8 Å². The van der Waals surface area contributed by atoms with E-state index in [1.165, 1.54) is 49.5 Å². The van der Waals surface area contributed by atoms with Crippen molar-refractivity contribution in [2.45, 2.75) is 45.1 Å². The van der Waals surface area contributed by atoms with Gasteiger partial charge in [0.15, 0.2) is 17.5 Å². The molecule has 2 aliphatic heterocycles. The van der Waals surface area contributed by atoms with Crippen molar-refractivity contribution in [1.29, 1.82) is 0 Å². The largest absolute Gasteiger partial charge is 0.367 e. The van der Waals surface area contributed by atoms with Crippen molar-refractivity contribution in [2.24, 2.45) is 5.92 Å². The fourth-order valence-electron chi connectivity index (χ4n) is 4.93. The van der Waals surface area contributed by atoms with Gasteiger partial charge in [0.05, 0.1) is 6.20 Å². The van der Waals surface area contributed by atoms with Crippen LogP contribution in [0.2, 0.25) is 0 Å². The number of hydrogen-bond donors (Lipinski definition) is 2. The van der Waals surface area contributed by atoms with Gasteiger partial charge in [-0.3, -0.25) is 0 Å². The number of piperidine rings is 2. The molecule has 2 N–H and O–H groups in total. The minimum atomic E-state index is -0.499. The number of benzene rings is 1. The van der Waals surface area contributed by atoms with Gasteiger partial charge in [0.2, 0.25) is 5.95 Å². The summed E-state index contributed by atoms with van der Waals surface area (Å²) in [4.78, 5) is 11.0. The summed E-state index contributed by atoms with van der Waals surface area (Å²) in [6.45, 7) is 4.69. The van der Waals surface area contributed by atoms with Gasteiger partial charge in [-0.25, -0.2) is 13.8 Å². The zero-order valence-electron chi connectivity index (χ0n) is 18.5. The Morgan fingerprint density at radius 1 is 1.09 bits per heavy atom. The second-order valence-corrected chi connectivity index (χ2v) is 8.70. The Labute approximate surface area is 190 Å². The first-order valence-electron chi connectivity index (χ1n) is 11.4. The quantitative estimate of drug-likeness (QED) is 0.583. The summed E-state index contributed by atoms with van der Waals surface area (Å²) in [5.74, 6) is 0.342. The highest BCUT2D eigenvalue weighted by atomic mass is 19.1. The van der Waals surface area contributed by atoms with E-state index in [0.29, 0.717) is 30.0 Å². The summed E-state index contributed by atoms with van der Waals surface area (Å²) in [7, 11) is 0. The fourth-order valence-corrected chi connectivity index (χ4v) is 4.93. The second-order valence-electron chi connectivity index (χ2n) is 8.70.